The number of sulfonamides is 1. The molecule has 0 radical (unpaired) electrons. The van der Waals surface area contributed by atoms with Crippen LogP contribution in [0.25, 0.3) is 10.9 Å². The first-order valence-corrected chi connectivity index (χ1v) is 11.4. The number of benzene rings is 3. The second-order valence-electron chi connectivity index (χ2n) is 7.21. The van der Waals surface area contributed by atoms with Crippen LogP contribution in [0.3, 0.4) is 0 Å². The van der Waals surface area contributed by atoms with Crippen LogP contribution in [0.1, 0.15) is 22.6 Å². The summed E-state index contributed by atoms with van der Waals surface area (Å²) in [5.41, 5.74) is 3.86. The molecule has 1 heterocycles. The number of hydrogen-bond acceptors (Lipinski definition) is 3. The highest BCUT2D eigenvalue weighted by atomic mass is 32.2. The zero-order valence-corrected chi connectivity index (χ0v) is 17.5. The van der Waals surface area contributed by atoms with E-state index in [1.165, 1.54) is 0 Å². The number of nitrogens with one attached hydrogen (secondary N) is 2. The van der Waals surface area contributed by atoms with E-state index in [9.17, 15) is 8.42 Å². The number of hydrogen-bond donors (Lipinski definition) is 2. The molecule has 4 rings (SSSR count). The van der Waals surface area contributed by atoms with Gasteiger partial charge in [0.2, 0.25) is 10.0 Å². The second kappa shape index (κ2) is 8.73. The summed E-state index contributed by atoms with van der Waals surface area (Å²) in [5, 5.41) is 1.08. The largest absolute Gasteiger partial charge is 0.497 e. The van der Waals surface area contributed by atoms with E-state index in [2.05, 4.69) is 15.8 Å². The predicted octanol–water partition coefficient (Wildman–Crippen LogP) is 4.43. The molecule has 0 amide bonds. The lowest BCUT2D eigenvalue weighted by atomic mass is 9.91. The Morgan fingerprint density at radius 3 is 2.37 bits per heavy atom. The molecule has 1 aromatic heterocycles. The van der Waals surface area contributed by atoms with Gasteiger partial charge in [-0.25, -0.2) is 13.1 Å². The third-order valence-corrected chi connectivity index (χ3v) is 6.54. The van der Waals surface area contributed by atoms with E-state index in [-0.39, 0.29) is 18.2 Å². The Bertz CT molecular complexity index is 1220. The van der Waals surface area contributed by atoms with E-state index in [1.807, 2.05) is 79.0 Å². The van der Waals surface area contributed by atoms with E-state index >= 15 is 0 Å². The minimum atomic E-state index is -3.48. The molecule has 0 spiro atoms. The Balaban J connectivity index is 1.63. The fraction of sp³-hybridized carbons (Fsp3) is 0.167. The molecule has 0 aliphatic heterocycles. The van der Waals surface area contributed by atoms with Crippen molar-refractivity contribution in [3.63, 3.8) is 0 Å². The molecule has 6 heteroatoms. The van der Waals surface area contributed by atoms with Crippen molar-refractivity contribution in [2.24, 2.45) is 0 Å². The molecule has 3 aromatic carbocycles. The SMILES string of the molecule is COc1ccc([C@H](CNS(=O)(=O)Cc2ccccc2)c2c[nH]c3ccccc23)cc1. The van der Waals surface area contributed by atoms with Crippen molar-refractivity contribution < 1.29 is 13.2 Å². The molecule has 0 fully saturated rings. The number of aromatic amines is 1. The van der Waals surface area contributed by atoms with Gasteiger partial charge in [0.15, 0.2) is 0 Å². The molecule has 5 nitrogen and oxygen atoms in total. The van der Waals surface area contributed by atoms with Crippen molar-refractivity contribution in [3.05, 3.63) is 102 Å². The minimum Gasteiger partial charge on any atom is -0.497 e. The summed E-state index contributed by atoms with van der Waals surface area (Å²) in [6.07, 6.45) is 1.96. The Labute approximate surface area is 176 Å². The topological polar surface area (TPSA) is 71.2 Å². The summed E-state index contributed by atoms with van der Waals surface area (Å²) in [7, 11) is -1.85. The van der Waals surface area contributed by atoms with Crippen LogP contribution in [0.2, 0.25) is 0 Å². The smallest absolute Gasteiger partial charge is 0.215 e. The van der Waals surface area contributed by atoms with E-state index < -0.39 is 10.0 Å². The van der Waals surface area contributed by atoms with Gasteiger partial charge in [-0.15, -0.1) is 0 Å². The van der Waals surface area contributed by atoms with Crippen LogP contribution in [-0.2, 0) is 15.8 Å². The summed E-state index contributed by atoms with van der Waals surface area (Å²) >= 11 is 0. The lowest BCUT2D eigenvalue weighted by molar-refractivity contribution is 0.414. The van der Waals surface area contributed by atoms with E-state index in [0.29, 0.717) is 0 Å². The molecule has 0 aliphatic carbocycles. The number of aromatic nitrogens is 1. The van der Waals surface area contributed by atoms with E-state index in [4.69, 9.17) is 4.74 Å². The van der Waals surface area contributed by atoms with Gasteiger partial charge in [-0.2, -0.15) is 0 Å². The third kappa shape index (κ3) is 4.56. The second-order valence-corrected chi connectivity index (χ2v) is 9.02. The van der Waals surface area contributed by atoms with Crippen LogP contribution in [0, 0.1) is 0 Å². The Kier molecular flexibility index (Phi) is 5.88. The monoisotopic (exact) mass is 420 g/mol. The van der Waals surface area contributed by atoms with Crippen molar-refractivity contribution in [1.29, 1.82) is 0 Å². The van der Waals surface area contributed by atoms with Gasteiger partial charge >= 0.3 is 0 Å². The van der Waals surface area contributed by atoms with Gasteiger partial charge in [0.25, 0.3) is 0 Å². The number of ether oxygens (including phenoxy) is 1. The molecule has 154 valence electrons. The maximum absolute atomic E-state index is 12.7. The predicted molar refractivity (Wildman–Crippen MR) is 120 cm³/mol. The molecule has 0 bridgehead atoms. The van der Waals surface area contributed by atoms with Crippen LogP contribution < -0.4 is 9.46 Å². The number of rotatable bonds is 8. The maximum atomic E-state index is 12.7. The lowest BCUT2D eigenvalue weighted by Gasteiger charge is -2.19. The normalized spacial score (nSPS) is 12.7. The van der Waals surface area contributed by atoms with Gasteiger partial charge < -0.3 is 9.72 Å². The molecular formula is C24H24N2O3S. The highest BCUT2D eigenvalue weighted by Crippen LogP contribution is 2.31. The molecule has 4 aromatic rings. The number of fused-ring (bicyclic) bond motifs is 1. The van der Waals surface area contributed by atoms with Crippen molar-refractivity contribution in [3.8, 4) is 5.75 Å². The highest BCUT2D eigenvalue weighted by molar-refractivity contribution is 7.88. The van der Waals surface area contributed by atoms with E-state index in [0.717, 1.165) is 33.3 Å². The van der Waals surface area contributed by atoms with Crippen molar-refractivity contribution in [2.75, 3.05) is 13.7 Å². The molecule has 30 heavy (non-hydrogen) atoms. The number of methoxy groups -OCH3 is 1. The first kappa shape index (κ1) is 20.2. The van der Waals surface area contributed by atoms with Gasteiger partial charge in [-0.05, 0) is 34.9 Å². The summed E-state index contributed by atoms with van der Waals surface area (Å²) in [6.45, 7) is 0.267. The maximum Gasteiger partial charge on any atom is 0.215 e. The van der Waals surface area contributed by atoms with E-state index in [1.54, 1.807) is 7.11 Å². The molecule has 0 unspecified atom stereocenters. The van der Waals surface area contributed by atoms with Crippen molar-refractivity contribution in [1.82, 2.24) is 9.71 Å². The zero-order valence-electron chi connectivity index (χ0n) is 16.7. The summed E-state index contributed by atoms with van der Waals surface area (Å²) < 4.78 is 33.5. The number of H-pyrrole nitrogens is 1. The van der Waals surface area contributed by atoms with Crippen molar-refractivity contribution >= 4 is 20.9 Å². The van der Waals surface area contributed by atoms with Crippen molar-refractivity contribution in [2.45, 2.75) is 11.7 Å². The van der Waals surface area contributed by atoms with Crippen LogP contribution in [-0.4, -0.2) is 27.1 Å². The van der Waals surface area contributed by atoms with Gasteiger partial charge in [0.05, 0.1) is 12.9 Å². The zero-order chi connectivity index (χ0) is 21.0. The molecular weight excluding hydrogens is 396 g/mol. The van der Waals surface area contributed by atoms with Gasteiger partial charge in [-0.3, -0.25) is 0 Å². The molecule has 0 aliphatic rings. The fourth-order valence-electron chi connectivity index (χ4n) is 3.68. The first-order chi connectivity index (χ1) is 14.6. The quantitative estimate of drug-likeness (QED) is 0.443. The average Bonchev–Trinajstić information content (AvgIpc) is 3.19. The summed E-state index contributed by atoms with van der Waals surface area (Å²) in [4.78, 5) is 3.30. The molecule has 0 saturated heterocycles. The van der Waals surface area contributed by atoms with Gasteiger partial charge in [0.1, 0.15) is 5.75 Å². The standard InChI is InChI=1S/C24H24N2O3S/c1-29-20-13-11-19(12-14-20)22(23-15-25-24-10-6-5-9-21(23)24)16-26-30(27,28)17-18-7-3-2-4-8-18/h2-15,22,25-26H,16-17H2,1H3/t22-/m0/s1. The van der Waals surface area contributed by atoms with Crippen LogP contribution in [0.4, 0.5) is 0 Å². The molecule has 1 atom stereocenters. The van der Waals surface area contributed by atoms with Gasteiger partial charge in [0, 0.05) is 29.6 Å². The average molecular weight is 421 g/mol. The summed E-state index contributed by atoms with van der Waals surface area (Å²) in [6, 6.07) is 25.0. The van der Waals surface area contributed by atoms with Crippen LogP contribution >= 0.6 is 0 Å². The first-order valence-electron chi connectivity index (χ1n) is 9.77. The van der Waals surface area contributed by atoms with Gasteiger partial charge in [-0.1, -0.05) is 60.7 Å². The summed E-state index contributed by atoms with van der Waals surface area (Å²) in [5.74, 6) is 0.579. The molecule has 2 N–H and O–H groups in total. The lowest BCUT2D eigenvalue weighted by Crippen LogP contribution is -2.30. The van der Waals surface area contributed by atoms with Crippen LogP contribution in [0.15, 0.2) is 85.1 Å². The Hall–Kier alpha value is -3.09. The minimum absolute atomic E-state index is 0.0446. The third-order valence-electron chi connectivity index (χ3n) is 5.22. The fourth-order valence-corrected chi connectivity index (χ4v) is 4.83. The highest BCUT2D eigenvalue weighted by Gasteiger charge is 2.21. The molecule has 0 saturated carbocycles. The van der Waals surface area contributed by atoms with Crippen LogP contribution in [0.5, 0.6) is 5.75 Å². The Morgan fingerprint density at radius 1 is 0.933 bits per heavy atom. The number of para-hydroxylation sites is 1. The Morgan fingerprint density at radius 2 is 1.63 bits per heavy atom.